The van der Waals surface area contributed by atoms with Crippen LogP contribution in [0.1, 0.15) is 22.7 Å². The van der Waals surface area contributed by atoms with Crippen molar-refractivity contribution in [3.63, 3.8) is 0 Å². The molecule has 1 amide bonds. The van der Waals surface area contributed by atoms with Crippen molar-refractivity contribution in [2.45, 2.75) is 12.5 Å². The van der Waals surface area contributed by atoms with Crippen LogP contribution >= 0.6 is 0 Å². The fourth-order valence-corrected chi connectivity index (χ4v) is 3.05. The van der Waals surface area contributed by atoms with Crippen LogP contribution in [0.25, 0.3) is 0 Å². The van der Waals surface area contributed by atoms with Crippen molar-refractivity contribution in [3.05, 3.63) is 119 Å². The molecular formula is C25H22FN3O. The molecule has 5 heteroatoms. The largest absolute Gasteiger partial charge is 0.389 e. The highest BCUT2D eigenvalue weighted by Crippen LogP contribution is 2.22. The fraction of sp³-hybridized carbons (Fsp3) is 0.120. The first-order valence-corrected chi connectivity index (χ1v) is 9.66. The van der Waals surface area contributed by atoms with Crippen molar-refractivity contribution < 1.29 is 9.18 Å². The van der Waals surface area contributed by atoms with Crippen LogP contribution in [-0.2, 0) is 11.2 Å². The minimum Gasteiger partial charge on any atom is -0.389 e. The Balaban J connectivity index is 1.66. The Morgan fingerprint density at radius 3 is 2.03 bits per heavy atom. The molecule has 0 fully saturated rings. The van der Waals surface area contributed by atoms with Gasteiger partial charge in [0.1, 0.15) is 17.5 Å². The molecule has 0 saturated carbocycles. The van der Waals surface area contributed by atoms with Crippen molar-refractivity contribution in [2.75, 3.05) is 6.54 Å². The minimum atomic E-state index is -0.454. The molecule has 0 bridgehead atoms. The van der Waals surface area contributed by atoms with Crippen molar-refractivity contribution in [2.24, 2.45) is 0 Å². The van der Waals surface area contributed by atoms with Crippen LogP contribution in [0.4, 0.5) is 4.39 Å². The number of carbonyl (C=O) groups is 1. The predicted octanol–water partition coefficient (Wildman–Crippen LogP) is 4.27. The monoisotopic (exact) mass is 399 g/mol. The van der Waals surface area contributed by atoms with Gasteiger partial charge >= 0.3 is 0 Å². The highest BCUT2D eigenvalue weighted by molar-refractivity contribution is 5.97. The van der Waals surface area contributed by atoms with Gasteiger partial charge in [0.15, 0.2) is 0 Å². The van der Waals surface area contributed by atoms with E-state index in [0.29, 0.717) is 13.0 Å². The zero-order valence-corrected chi connectivity index (χ0v) is 16.4. The first kappa shape index (κ1) is 20.8. The molecule has 0 aromatic heterocycles. The lowest BCUT2D eigenvalue weighted by atomic mass is 9.98. The van der Waals surface area contributed by atoms with Crippen molar-refractivity contribution in [1.82, 2.24) is 10.6 Å². The number of carbonyl (C=O) groups excluding carboxylic acids is 1. The van der Waals surface area contributed by atoms with E-state index in [9.17, 15) is 14.4 Å². The number of halogens is 1. The molecule has 3 rings (SSSR count). The van der Waals surface area contributed by atoms with Gasteiger partial charge in [0, 0.05) is 12.7 Å². The number of nitrogens with zero attached hydrogens (tertiary/aromatic N) is 1. The average molecular weight is 399 g/mol. The van der Waals surface area contributed by atoms with E-state index in [2.05, 4.69) is 10.6 Å². The second-order valence-corrected chi connectivity index (χ2v) is 6.73. The first-order chi connectivity index (χ1) is 14.7. The maximum absolute atomic E-state index is 13.0. The van der Waals surface area contributed by atoms with Gasteiger partial charge in [0.25, 0.3) is 5.91 Å². The predicted molar refractivity (Wildman–Crippen MR) is 115 cm³/mol. The molecule has 0 aliphatic rings. The SMILES string of the molecule is N#C/C(=C/NCCc1ccc(F)cc1)C(=O)NC(c1ccccc1)c1ccccc1. The van der Waals surface area contributed by atoms with Crippen molar-refractivity contribution in [1.29, 1.82) is 5.26 Å². The summed E-state index contributed by atoms with van der Waals surface area (Å²) in [6.45, 7) is 0.519. The minimum absolute atomic E-state index is 0.00836. The van der Waals surface area contributed by atoms with Gasteiger partial charge in [-0.3, -0.25) is 4.79 Å². The number of nitrogens with one attached hydrogen (secondary N) is 2. The molecule has 4 nitrogen and oxygen atoms in total. The molecule has 0 saturated heterocycles. The van der Waals surface area contributed by atoms with E-state index in [1.165, 1.54) is 18.3 Å². The molecule has 3 aromatic carbocycles. The van der Waals surface area contributed by atoms with Gasteiger partial charge in [0.2, 0.25) is 0 Å². The van der Waals surface area contributed by atoms with Gasteiger partial charge in [-0.25, -0.2) is 4.39 Å². The van der Waals surface area contributed by atoms with E-state index in [1.54, 1.807) is 12.1 Å². The molecule has 3 aromatic rings. The summed E-state index contributed by atoms with van der Waals surface area (Å²) in [5.74, 6) is -0.731. The second kappa shape index (κ2) is 10.6. The Bertz CT molecular complexity index is 986. The Morgan fingerprint density at radius 2 is 1.50 bits per heavy atom. The molecule has 30 heavy (non-hydrogen) atoms. The lowest BCUT2D eigenvalue weighted by Crippen LogP contribution is -2.31. The van der Waals surface area contributed by atoms with Gasteiger partial charge in [0.05, 0.1) is 6.04 Å². The lowest BCUT2D eigenvalue weighted by molar-refractivity contribution is -0.117. The number of nitriles is 1. The first-order valence-electron chi connectivity index (χ1n) is 9.66. The normalized spacial score (nSPS) is 11.0. The second-order valence-electron chi connectivity index (χ2n) is 6.73. The van der Waals surface area contributed by atoms with Crippen LogP contribution in [-0.4, -0.2) is 12.5 Å². The average Bonchev–Trinajstić information content (AvgIpc) is 2.79. The van der Waals surface area contributed by atoms with Crippen molar-refractivity contribution >= 4 is 5.91 Å². The van der Waals surface area contributed by atoms with Gasteiger partial charge in [-0.1, -0.05) is 72.8 Å². The van der Waals surface area contributed by atoms with Crippen LogP contribution < -0.4 is 10.6 Å². The van der Waals surface area contributed by atoms with E-state index in [-0.39, 0.29) is 17.4 Å². The summed E-state index contributed by atoms with van der Waals surface area (Å²) in [7, 11) is 0. The lowest BCUT2D eigenvalue weighted by Gasteiger charge is -2.19. The number of hydrogen-bond acceptors (Lipinski definition) is 3. The van der Waals surface area contributed by atoms with E-state index in [0.717, 1.165) is 16.7 Å². The van der Waals surface area contributed by atoms with Crippen LogP contribution in [0.3, 0.4) is 0 Å². The van der Waals surface area contributed by atoms with E-state index in [4.69, 9.17) is 0 Å². The summed E-state index contributed by atoms with van der Waals surface area (Å²) < 4.78 is 13.0. The maximum Gasteiger partial charge on any atom is 0.264 e. The quantitative estimate of drug-likeness (QED) is 0.338. The standard InChI is InChI=1S/C25H22FN3O/c26-23-13-11-19(12-14-23)15-16-28-18-22(17-27)25(30)29-24(20-7-3-1-4-8-20)21-9-5-2-6-10-21/h1-14,18,24,28H,15-16H2,(H,29,30)/b22-18-. The smallest absolute Gasteiger partial charge is 0.264 e. The molecule has 0 unspecified atom stereocenters. The number of amides is 1. The Hall–Kier alpha value is -3.91. The molecule has 0 spiro atoms. The Labute approximate surface area is 175 Å². The van der Waals surface area contributed by atoms with Gasteiger partial charge in [-0.15, -0.1) is 0 Å². The zero-order chi connectivity index (χ0) is 21.2. The number of benzene rings is 3. The summed E-state index contributed by atoms with van der Waals surface area (Å²) >= 11 is 0. The fourth-order valence-electron chi connectivity index (χ4n) is 3.05. The maximum atomic E-state index is 13.0. The summed E-state index contributed by atoms with van der Waals surface area (Å²) in [5, 5.41) is 15.4. The van der Waals surface area contributed by atoms with Gasteiger partial charge < -0.3 is 10.6 Å². The molecule has 0 heterocycles. The highest BCUT2D eigenvalue weighted by Gasteiger charge is 2.19. The molecule has 2 N–H and O–H groups in total. The van der Waals surface area contributed by atoms with E-state index in [1.807, 2.05) is 66.7 Å². The van der Waals surface area contributed by atoms with Crippen molar-refractivity contribution in [3.8, 4) is 6.07 Å². The molecule has 150 valence electrons. The van der Waals surface area contributed by atoms with Crippen LogP contribution in [0.2, 0.25) is 0 Å². The van der Waals surface area contributed by atoms with Gasteiger partial charge in [-0.05, 0) is 35.2 Å². The Kier molecular flexibility index (Phi) is 7.34. The van der Waals surface area contributed by atoms with Crippen LogP contribution in [0.15, 0.2) is 96.7 Å². The molecule has 0 radical (unpaired) electrons. The molecule has 0 atom stereocenters. The summed E-state index contributed by atoms with van der Waals surface area (Å²) in [6.07, 6.45) is 2.07. The summed E-state index contributed by atoms with van der Waals surface area (Å²) in [4.78, 5) is 12.7. The summed E-state index contributed by atoms with van der Waals surface area (Å²) in [6, 6.07) is 27.1. The molecule has 0 aliphatic carbocycles. The molecular weight excluding hydrogens is 377 g/mol. The third-order valence-electron chi connectivity index (χ3n) is 4.62. The number of rotatable bonds is 8. The van der Waals surface area contributed by atoms with Gasteiger partial charge in [-0.2, -0.15) is 5.26 Å². The topological polar surface area (TPSA) is 64.9 Å². The van der Waals surface area contributed by atoms with E-state index < -0.39 is 5.91 Å². The number of hydrogen-bond donors (Lipinski definition) is 2. The zero-order valence-electron chi connectivity index (χ0n) is 16.4. The van der Waals surface area contributed by atoms with Crippen LogP contribution in [0, 0.1) is 17.1 Å². The summed E-state index contributed by atoms with van der Waals surface area (Å²) in [5.41, 5.74) is 2.82. The third kappa shape index (κ3) is 5.79. The highest BCUT2D eigenvalue weighted by atomic mass is 19.1. The Morgan fingerprint density at radius 1 is 0.933 bits per heavy atom. The van der Waals surface area contributed by atoms with E-state index >= 15 is 0 Å². The third-order valence-corrected chi connectivity index (χ3v) is 4.62. The molecule has 0 aliphatic heterocycles. The van der Waals surface area contributed by atoms with Crippen LogP contribution in [0.5, 0.6) is 0 Å².